The molecule has 0 spiro atoms. The molecule has 0 aromatic heterocycles. The Kier molecular flexibility index (Phi) is 3.34. The van der Waals surface area contributed by atoms with Gasteiger partial charge >= 0.3 is 0 Å². The monoisotopic (exact) mass is 155 g/mol. The van der Waals surface area contributed by atoms with E-state index in [-0.39, 0.29) is 0 Å². The van der Waals surface area contributed by atoms with E-state index < -0.39 is 0 Å². The van der Waals surface area contributed by atoms with Crippen molar-refractivity contribution in [2.75, 3.05) is 39.8 Å². The minimum atomic E-state index is 0.717. The second-order valence-corrected chi connectivity index (χ2v) is 3.37. The van der Waals surface area contributed by atoms with Crippen LogP contribution in [0.25, 0.3) is 0 Å². The number of nitrogens with zero attached hydrogens (tertiary/aromatic N) is 1. The van der Waals surface area contributed by atoms with Gasteiger partial charge in [0.1, 0.15) is 26.2 Å². The molecule has 0 aromatic rings. The van der Waals surface area contributed by atoms with Gasteiger partial charge in [-0.25, -0.2) is 0 Å². The van der Waals surface area contributed by atoms with E-state index in [0.717, 1.165) is 6.54 Å². The average Bonchev–Trinajstić information content (AvgIpc) is 2.04. The van der Waals surface area contributed by atoms with Crippen LogP contribution in [-0.2, 0) is 0 Å². The standard InChI is InChI=1S/C8H15N3/c1-10-5-7-11(8-6-10)4-2-3-9/h2,4-8H2,1H3/p+2. The van der Waals surface area contributed by atoms with E-state index in [4.69, 9.17) is 5.26 Å². The van der Waals surface area contributed by atoms with E-state index in [1.165, 1.54) is 26.2 Å². The maximum atomic E-state index is 8.38. The van der Waals surface area contributed by atoms with Gasteiger partial charge in [0.2, 0.25) is 0 Å². The molecule has 11 heavy (non-hydrogen) atoms. The Morgan fingerprint density at radius 1 is 1.27 bits per heavy atom. The van der Waals surface area contributed by atoms with Gasteiger partial charge in [-0.1, -0.05) is 0 Å². The lowest BCUT2D eigenvalue weighted by Gasteiger charge is -2.26. The van der Waals surface area contributed by atoms with Gasteiger partial charge in [0.15, 0.2) is 0 Å². The highest BCUT2D eigenvalue weighted by Gasteiger charge is 2.18. The average molecular weight is 155 g/mol. The van der Waals surface area contributed by atoms with Crippen molar-refractivity contribution < 1.29 is 9.80 Å². The van der Waals surface area contributed by atoms with Crippen LogP contribution >= 0.6 is 0 Å². The topological polar surface area (TPSA) is 32.7 Å². The maximum absolute atomic E-state index is 8.38. The third-order valence-corrected chi connectivity index (χ3v) is 2.40. The van der Waals surface area contributed by atoms with Crippen molar-refractivity contribution in [3.05, 3.63) is 0 Å². The summed E-state index contributed by atoms with van der Waals surface area (Å²) in [6.07, 6.45) is 0.717. The third-order valence-electron chi connectivity index (χ3n) is 2.40. The molecule has 0 atom stereocenters. The first-order chi connectivity index (χ1) is 5.33. The van der Waals surface area contributed by atoms with Crippen LogP contribution in [0.15, 0.2) is 0 Å². The van der Waals surface area contributed by atoms with Gasteiger partial charge in [0.05, 0.1) is 26.1 Å². The van der Waals surface area contributed by atoms with Gasteiger partial charge in [-0.15, -0.1) is 0 Å². The summed E-state index contributed by atoms with van der Waals surface area (Å²) in [5.74, 6) is 0. The number of hydrogen-bond acceptors (Lipinski definition) is 1. The zero-order valence-electron chi connectivity index (χ0n) is 7.19. The minimum absolute atomic E-state index is 0.717. The summed E-state index contributed by atoms with van der Waals surface area (Å²) in [7, 11) is 2.24. The molecular weight excluding hydrogens is 138 g/mol. The van der Waals surface area contributed by atoms with Crippen LogP contribution in [0.2, 0.25) is 0 Å². The highest BCUT2D eigenvalue weighted by molar-refractivity contribution is 4.66. The molecule has 0 saturated carbocycles. The van der Waals surface area contributed by atoms with E-state index in [1.54, 1.807) is 9.80 Å². The van der Waals surface area contributed by atoms with Gasteiger partial charge in [-0.05, 0) is 0 Å². The van der Waals surface area contributed by atoms with E-state index in [9.17, 15) is 0 Å². The highest BCUT2D eigenvalue weighted by atomic mass is 15.2. The van der Waals surface area contributed by atoms with Crippen molar-refractivity contribution in [3.8, 4) is 6.07 Å². The van der Waals surface area contributed by atoms with Crippen molar-refractivity contribution in [1.82, 2.24) is 0 Å². The molecular formula is C8H17N3+2. The van der Waals surface area contributed by atoms with Gasteiger partial charge in [0.25, 0.3) is 0 Å². The summed E-state index contributed by atoms with van der Waals surface area (Å²) in [5, 5.41) is 8.38. The van der Waals surface area contributed by atoms with E-state index in [1.807, 2.05) is 0 Å². The number of piperazine rings is 1. The number of quaternary nitrogens is 2. The van der Waals surface area contributed by atoms with Gasteiger partial charge in [-0.2, -0.15) is 5.26 Å². The summed E-state index contributed by atoms with van der Waals surface area (Å²) >= 11 is 0. The van der Waals surface area contributed by atoms with Crippen LogP contribution in [-0.4, -0.2) is 39.8 Å². The lowest BCUT2D eigenvalue weighted by molar-refractivity contribution is -1.00. The molecule has 0 aromatic carbocycles. The first-order valence-electron chi connectivity index (χ1n) is 4.34. The molecule has 3 nitrogen and oxygen atoms in total. The van der Waals surface area contributed by atoms with E-state index in [0.29, 0.717) is 6.42 Å². The molecule has 3 heteroatoms. The first-order valence-corrected chi connectivity index (χ1v) is 4.34. The van der Waals surface area contributed by atoms with Crippen LogP contribution in [0.4, 0.5) is 0 Å². The van der Waals surface area contributed by atoms with Gasteiger partial charge < -0.3 is 9.80 Å². The molecule has 1 aliphatic rings. The fraction of sp³-hybridized carbons (Fsp3) is 0.875. The summed E-state index contributed by atoms with van der Waals surface area (Å²) in [6, 6.07) is 2.20. The molecule has 0 amide bonds. The van der Waals surface area contributed by atoms with Gasteiger partial charge in [0, 0.05) is 0 Å². The number of nitrogens with one attached hydrogen (secondary N) is 2. The number of hydrogen-bond donors (Lipinski definition) is 2. The molecule has 62 valence electrons. The fourth-order valence-electron chi connectivity index (χ4n) is 1.51. The van der Waals surface area contributed by atoms with Crippen molar-refractivity contribution in [1.29, 1.82) is 5.26 Å². The first kappa shape index (κ1) is 8.51. The number of likely N-dealkylation sites (N-methyl/N-ethyl adjacent to an activating group) is 1. The van der Waals surface area contributed by atoms with Crippen LogP contribution in [0.1, 0.15) is 6.42 Å². The second kappa shape index (κ2) is 4.32. The third kappa shape index (κ3) is 2.87. The summed E-state index contributed by atoms with van der Waals surface area (Å²) in [4.78, 5) is 3.24. The van der Waals surface area contributed by atoms with E-state index in [2.05, 4.69) is 13.1 Å². The molecule has 1 saturated heterocycles. The van der Waals surface area contributed by atoms with Crippen molar-refractivity contribution in [2.24, 2.45) is 0 Å². The fourth-order valence-corrected chi connectivity index (χ4v) is 1.51. The molecule has 1 fully saturated rings. The summed E-state index contributed by atoms with van der Waals surface area (Å²) in [6.45, 7) is 6.06. The number of nitriles is 1. The Morgan fingerprint density at radius 3 is 2.45 bits per heavy atom. The lowest BCUT2D eigenvalue weighted by Crippen LogP contribution is -3.27. The SMILES string of the molecule is C[NH+]1CC[NH+](CCC#N)CC1. The quantitative estimate of drug-likeness (QED) is 0.447. The van der Waals surface area contributed by atoms with Crippen molar-refractivity contribution in [2.45, 2.75) is 6.42 Å². The molecule has 2 N–H and O–H groups in total. The molecule has 1 aliphatic heterocycles. The lowest BCUT2D eigenvalue weighted by atomic mass is 10.3. The summed E-state index contributed by atoms with van der Waals surface area (Å²) in [5.41, 5.74) is 0. The van der Waals surface area contributed by atoms with Gasteiger partial charge in [-0.3, -0.25) is 0 Å². The van der Waals surface area contributed by atoms with Crippen LogP contribution in [0, 0.1) is 11.3 Å². The molecule has 0 bridgehead atoms. The zero-order chi connectivity index (χ0) is 8.10. The molecule has 1 heterocycles. The Morgan fingerprint density at radius 2 is 1.91 bits per heavy atom. The second-order valence-electron chi connectivity index (χ2n) is 3.37. The minimum Gasteiger partial charge on any atom is -0.328 e. The largest absolute Gasteiger partial charge is 0.328 e. The Balaban J connectivity index is 2.13. The molecule has 0 unspecified atom stereocenters. The predicted octanol–water partition coefficient (Wildman–Crippen LogP) is -2.69. The smallest absolute Gasteiger partial charge is 0.127 e. The normalized spacial score (nSPS) is 31.3. The van der Waals surface area contributed by atoms with Crippen molar-refractivity contribution >= 4 is 0 Å². The Hall–Kier alpha value is -0.590. The zero-order valence-corrected chi connectivity index (χ0v) is 7.19. The molecule has 0 radical (unpaired) electrons. The maximum Gasteiger partial charge on any atom is 0.127 e. The molecule has 0 aliphatic carbocycles. The number of rotatable bonds is 2. The van der Waals surface area contributed by atoms with Crippen LogP contribution in [0.3, 0.4) is 0 Å². The highest BCUT2D eigenvalue weighted by Crippen LogP contribution is 1.65. The van der Waals surface area contributed by atoms with Crippen molar-refractivity contribution in [3.63, 3.8) is 0 Å². The van der Waals surface area contributed by atoms with E-state index >= 15 is 0 Å². The predicted molar refractivity (Wildman–Crippen MR) is 42.4 cm³/mol. The Labute approximate surface area is 68.2 Å². The van der Waals surface area contributed by atoms with Crippen LogP contribution < -0.4 is 9.80 Å². The van der Waals surface area contributed by atoms with Crippen LogP contribution in [0.5, 0.6) is 0 Å². The summed E-state index contributed by atoms with van der Waals surface area (Å²) < 4.78 is 0. The molecule has 1 rings (SSSR count). The Bertz CT molecular complexity index is 142.